The molecule has 0 radical (unpaired) electrons. The highest BCUT2D eigenvalue weighted by Gasteiger charge is 2.21. The lowest BCUT2D eigenvalue weighted by Gasteiger charge is -2.20. The Hall–Kier alpha value is -1.74. The summed E-state index contributed by atoms with van der Waals surface area (Å²) in [5.74, 6) is 1.88. The summed E-state index contributed by atoms with van der Waals surface area (Å²) in [6.45, 7) is 7.83. The maximum absolute atomic E-state index is 5.75. The molecule has 2 aromatic rings. The molecular formula is C17H23NO2. The van der Waals surface area contributed by atoms with Crippen LogP contribution in [0.5, 0.6) is 5.75 Å². The Labute approximate surface area is 121 Å². The van der Waals surface area contributed by atoms with E-state index in [-0.39, 0.29) is 6.04 Å². The summed E-state index contributed by atoms with van der Waals surface area (Å²) >= 11 is 0. The number of hydrogen-bond donors (Lipinski definition) is 1. The molecule has 20 heavy (non-hydrogen) atoms. The molecule has 2 rings (SSSR count). The maximum atomic E-state index is 5.75. The monoisotopic (exact) mass is 273 g/mol. The van der Waals surface area contributed by atoms with Gasteiger partial charge in [-0.1, -0.05) is 25.1 Å². The van der Waals surface area contributed by atoms with Gasteiger partial charge in [-0.2, -0.15) is 0 Å². The van der Waals surface area contributed by atoms with Crippen LogP contribution in [-0.4, -0.2) is 13.2 Å². The number of para-hydroxylation sites is 1. The molecular weight excluding hydrogens is 250 g/mol. The number of benzene rings is 1. The molecule has 3 nitrogen and oxygen atoms in total. The second kappa shape index (κ2) is 7.15. The molecule has 0 saturated heterocycles. The number of aryl methyl sites for hydroxylation is 1. The average Bonchev–Trinajstić information content (AvgIpc) is 2.88. The minimum atomic E-state index is 0.0349. The van der Waals surface area contributed by atoms with Crippen LogP contribution < -0.4 is 10.1 Å². The van der Waals surface area contributed by atoms with Crippen LogP contribution in [0.1, 0.15) is 43.2 Å². The van der Waals surface area contributed by atoms with Crippen molar-refractivity contribution in [3.8, 4) is 5.75 Å². The van der Waals surface area contributed by atoms with E-state index in [0.717, 1.165) is 35.6 Å². The van der Waals surface area contributed by atoms with Gasteiger partial charge in [0.15, 0.2) is 0 Å². The van der Waals surface area contributed by atoms with Crippen molar-refractivity contribution in [3.63, 3.8) is 0 Å². The summed E-state index contributed by atoms with van der Waals surface area (Å²) in [5.41, 5.74) is 2.28. The molecule has 0 bridgehead atoms. The van der Waals surface area contributed by atoms with Crippen molar-refractivity contribution in [2.75, 3.05) is 13.2 Å². The Bertz CT molecular complexity index is 533. The first-order valence-corrected chi connectivity index (χ1v) is 7.27. The van der Waals surface area contributed by atoms with Crippen LogP contribution in [0.2, 0.25) is 0 Å². The largest absolute Gasteiger partial charge is 0.494 e. The summed E-state index contributed by atoms with van der Waals surface area (Å²) in [4.78, 5) is 0. The van der Waals surface area contributed by atoms with Gasteiger partial charge in [0.2, 0.25) is 0 Å². The highest BCUT2D eigenvalue weighted by atomic mass is 16.5. The first kappa shape index (κ1) is 14.7. The van der Waals surface area contributed by atoms with Gasteiger partial charge in [0.05, 0.1) is 18.9 Å². The van der Waals surface area contributed by atoms with E-state index in [1.807, 2.05) is 31.2 Å². The molecule has 1 aromatic heterocycles. The lowest BCUT2D eigenvalue weighted by atomic mass is 10.0. The van der Waals surface area contributed by atoms with Crippen LogP contribution in [0.15, 0.2) is 41.0 Å². The number of rotatable bonds is 7. The van der Waals surface area contributed by atoms with E-state index in [4.69, 9.17) is 9.15 Å². The molecule has 0 aliphatic heterocycles. The molecule has 1 atom stereocenters. The summed E-state index contributed by atoms with van der Waals surface area (Å²) < 4.78 is 11.4. The average molecular weight is 273 g/mol. The molecule has 108 valence electrons. The lowest BCUT2D eigenvalue weighted by Crippen LogP contribution is -2.24. The summed E-state index contributed by atoms with van der Waals surface area (Å²) in [6, 6.07) is 10.2. The third-order valence-corrected chi connectivity index (χ3v) is 3.29. The summed E-state index contributed by atoms with van der Waals surface area (Å²) in [5, 5.41) is 3.55. The van der Waals surface area contributed by atoms with Crippen molar-refractivity contribution in [3.05, 3.63) is 53.5 Å². The zero-order valence-corrected chi connectivity index (χ0v) is 12.5. The maximum Gasteiger partial charge on any atom is 0.128 e. The second-order valence-electron chi connectivity index (χ2n) is 4.83. The third-order valence-electron chi connectivity index (χ3n) is 3.29. The molecule has 1 heterocycles. The first-order valence-electron chi connectivity index (χ1n) is 7.27. The van der Waals surface area contributed by atoms with Gasteiger partial charge in [-0.3, -0.25) is 0 Å². The molecule has 0 fully saturated rings. The molecule has 1 N–H and O–H groups in total. The SMILES string of the molecule is CCCNC(c1ccccc1OCC)c1occc1C. The highest BCUT2D eigenvalue weighted by Crippen LogP contribution is 2.32. The molecule has 0 amide bonds. The molecule has 1 unspecified atom stereocenters. The van der Waals surface area contributed by atoms with Crippen molar-refractivity contribution in [1.29, 1.82) is 0 Å². The van der Waals surface area contributed by atoms with Crippen LogP contribution in [0.4, 0.5) is 0 Å². The quantitative estimate of drug-likeness (QED) is 0.825. The fourth-order valence-corrected chi connectivity index (χ4v) is 2.32. The Balaban J connectivity index is 2.38. The van der Waals surface area contributed by atoms with Crippen LogP contribution in [0, 0.1) is 6.92 Å². The second-order valence-corrected chi connectivity index (χ2v) is 4.83. The molecule has 1 aromatic carbocycles. The lowest BCUT2D eigenvalue weighted by molar-refractivity contribution is 0.330. The predicted octanol–water partition coefficient (Wildman–Crippen LogP) is 4.08. The van der Waals surface area contributed by atoms with E-state index >= 15 is 0 Å². The number of furan rings is 1. The van der Waals surface area contributed by atoms with Crippen molar-refractivity contribution < 1.29 is 9.15 Å². The molecule has 3 heteroatoms. The van der Waals surface area contributed by atoms with Crippen LogP contribution in [-0.2, 0) is 0 Å². The Morgan fingerprint density at radius 2 is 2.00 bits per heavy atom. The number of hydrogen-bond acceptors (Lipinski definition) is 3. The Morgan fingerprint density at radius 3 is 2.65 bits per heavy atom. The van der Waals surface area contributed by atoms with Gasteiger partial charge < -0.3 is 14.5 Å². The topological polar surface area (TPSA) is 34.4 Å². The van der Waals surface area contributed by atoms with Gasteiger partial charge in [0.25, 0.3) is 0 Å². The molecule has 0 spiro atoms. The summed E-state index contributed by atoms with van der Waals surface area (Å²) in [6.07, 6.45) is 2.82. The van der Waals surface area contributed by atoms with Crippen molar-refractivity contribution >= 4 is 0 Å². The summed E-state index contributed by atoms with van der Waals surface area (Å²) in [7, 11) is 0. The number of ether oxygens (including phenoxy) is 1. The van der Waals surface area contributed by atoms with Crippen molar-refractivity contribution in [2.45, 2.75) is 33.2 Å². The zero-order valence-electron chi connectivity index (χ0n) is 12.5. The normalized spacial score (nSPS) is 12.3. The standard InChI is InChI=1S/C17H23NO2/c1-4-11-18-16(17-13(3)10-12-20-17)14-8-6-7-9-15(14)19-5-2/h6-10,12,16,18H,4-5,11H2,1-3H3. The van der Waals surface area contributed by atoms with Gasteiger partial charge in [-0.15, -0.1) is 0 Å². The van der Waals surface area contributed by atoms with E-state index in [1.165, 1.54) is 0 Å². The van der Waals surface area contributed by atoms with Crippen LogP contribution in [0.25, 0.3) is 0 Å². The molecule has 0 aliphatic rings. The third kappa shape index (κ3) is 3.23. The minimum Gasteiger partial charge on any atom is -0.494 e. The van der Waals surface area contributed by atoms with Crippen LogP contribution >= 0.6 is 0 Å². The van der Waals surface area contributed by atoms with Crippen molar-refractivity contribution in [1.82, 2.24) is 5.32 Å². The van der Waals surface area contributed by atoms with E-state index in [2.05, 4.69) is 25.2 Å². The molecule has 0 aliphatic carbocycles. The van der Waals surface area contributed by atoms with Gasteiger partial charge in [-0.05, 0) is 44.5 Å². The smallest absolute Gasteiger partial charge is 0.128 e. The van der Waals surface area contributed by atoms with Gasteiger partial charge in [0.1, 0.15) is 11.5 Å². The number of nitrogens with one attached hydrogen (secondary N) is 1. The highest BCUT2D eigenvalue weighted by molar-refractivity contribution is 5.41. The predicted molar refractivity (Wildman–Crippen MR) is 81.2 cm³/mol. The van der Waals surface area contributed by atoms with E-state index < -0.39 is 0 Å². The minimum absolute atomic E-state index is 0.0349. The molecule has 0 saturated carbocycles. The van der Waals surface area contributed by atoms with E-state index in [1.54, 1.807) is 6.26 Å². The fourth-order valence-electron chi connectivity index (χ4n) is 2.32. The van der Waals surface area contributed by atoms with Gasteiger partial charge in [-0.25, -0.2) is 0 Å². The zero-order chi connectivity index (χ0) is 14.4. The van der Waals surface area contributed by atoms with Gasteiger partial charge >= 0.3 is 0 Å². The Morgan fingerprint density at radius 1 is 1.20 bits per heavy atom. The van der Waals surface area contributed by atoms with E-state index in [9.17, 15) is 0 Å². The van der Waals surface area contributed by atoms with Gasteiger partial charge in [0, 0.05) is 5.56 Å². The van der Waals surface area contributed by atoms with E-state index in [0.29, 0.717) is 6.61 Å². The fraction of sp³-hybridized carbons (Fsp3) is 0.412. The Kier molecular flexibility index (Phi) is 5.24. The van der Waals surface area contributed by atoms with Crippen LogP contribution in [0.3, 0.4) is 0 Å². The van der Waals surface area contributed by atoms with Crippen molar-refractivity contribution in [2.24, 2.45) is 0 Å². The first-order chi connectivity index (χ1) is 9.77.